The first-order valence-corrected chi connectivity index (χ1v) is 7.13. The molecule has 0 N–H and O–H groups in total. The second kappa shape index (κ2) is 5.27. The molecular formula is C15H19N5O. The summed E-state index contributed by atoms with van der Waals surface area (Å²) in [5, 5.41) is 1.02. The second-order valence-corrected chi connectivity index (χ2v) is 5.51. The van der Waals surface area contributed by atoms with E-state index < -0.39 is 0 Å². The Kier molecular flexibility index (Phi) is 3.45. The van der Waals surface area contributed by atoms with Gasteiger partial charge in [-0.2, -0.15) is 0 Å². The smallest absolute Gasteiger partial charge is 0.219 e. The Morgan fingerprint density at radius 1 is 1.43 bits per heavy atom. The van der Waals surface area contributed by atoms with E-state index in [-0.39, 0.29) is 11.9 Å². The molecular weight excluding hydrogens is 266 g/mol. The number of likely N-dealkylation sites (N-methyl/N-ethyl adjacent to an activating group) is 1. The Morgan fingerprint density at radius 3 is 3.00 bits per heavy atom. The van der Waals surface area contributed by atoms with Crippen molar-refractivity contribution in [1.29, 1.82) is 0 Å². The summed E-state index contributed by atoms with van der Waals surface area (Å²) in [4.78, 5) is 28.7. The van der Waals surface area contributed by atoms with Crippen LogP contribution in [-0.2, 0) is 4.79 Å². The molecule has 3 rings (SSSR count). The molecule has 21 heavy (non-hydrogen) atoms. The summed E-state index contributed by atoms with van der Waals surface area (Å²) < 4.78 is 0. The van der Waals surface area contributed by atoms with Crippen LogP contribution in [0.1, 0.15) is 19.2 Å². The van der Waals surface area contributed by atoms with Crippen LogP contribution in [0.3, 0.4) is 0 Å². The quantitative estimate of drug-likeness (QED) is 0.834. The van der Waals surface area contributed by atoms with Gasteiger partial charge in [-0.05, 0) is 19.4 Å². The lowest BCUT2D eigenvalue weighted by Crippen LogP contribution is -2.37. The standard InChI is InChI=1S/C15H19N5O/c1-10-17-14-8-16-6-4-13(14)15(18-10)20-7-5-12(9-20)19(3)11(2)21/h4,6,8,12H,5,7,9H2,1-3H3. The zero-order chi connectivity index (χ0) is 15.0. The topological polar surface area (TPSA) is 62.2 Å². The van der Waals surface area contributed by atoms with Crippen molar-refractivity contribution in [1.82, 2.24) is 19.9 Å². The summed E-state index contributed by atoms with van der Waals surface area (Å²) >= 11 is 0. The van der Waals surface area contributed by atoms with Gasteiger partial charge in [-0.25, -0.2) is 9.97 Å². The van der Waals surface area contributed by atoms with Gasteiger partial charge >= 0.3 is 0 Å². The van der Waals surface area contributed by atoms with Crippen molar-refractivity contribution in [2.75, 3.05) is 25.0 Å². The lowest BCUT2D eigenvalue weighted by Gasteiger charge is -2.24. The highest BCUT2D eigenvalue weighted by Gasteiger charge is 2.28. The maximum atomic E-state index is 11.5. The van der Waals surface area contributed by atoms with Crippen LogP contribution >= 0.6 is 0 Å². The molecule has 0 bridgehead atoms. The molecule has 0 radical (unpaired) electrons. The third-order valence-electron chi connectivity index (χ3n) is 4.10. The zero-order valence-electron chi connectivity index (χ0n) is 12.6. The maximum absolute atomic E-state index is 11.5. The van der Waals surface area contributed by atoms with E-state index in [9.17, 15) is 4.79 Å². The molecule has 0 aliphatic carbocycles. The fraction of sp³-hybridized carbons (Fsp3) is 0.467. The van der Waals surface area contributed by atoms with Gasteiger partial charge < -0.3 is 9.80 Å². The first-order chi connectivity index (χ1) is 10.1. The molecule has 0 aromatic carbocycles. The largest absolute Gasteiger partial charge is 0.354 e. The van der Waals surface area contributed by atoms with Crippen molar-refractivity contribution >= 4 is 22.6 Å². The van der Waals surface area contributed by atoms with Crippen molar-refractivity contribution in [3.63, 3.8) is 0 Å². The van der Waals surface area contributed by atoms with E-state index in [0.29, 0.717) is 0 Å². The highest BCUT2D eigenvalue weighted by molar-refractivity contribution is 5.89. The van der Waals surface area contributed by atoms with E-state index in [2.05, 4.69) is 19.9 Å². The lowest BCUT2D eigenvalue weighted by atomic mass is 10.2. The molecule has 0 saturated carbocycles. The number of nitrogens with zero attached hydrogens (tertiary/aromatic N) is 5. The average molecular weight is 285 g/mol. The summed E-state index contributed by atoms with van der Waals surface area (Å²) in [5.41, 5.74) is 0.864. The Morgan fingerprint density at radius 2 is 2.24 bits per heavy atom. The fourth-order valence-corrected chi connectivity index (χ4v) is 2.83. The highest BCUT2D eigenvalue weighted by atomic mass is 16.2. The van der Waals surface area contributed by atoms with Gasteiger partial charge in [0.2, 0.25) is 5.91 Å². The summed E-state index contributed by atoms with van der Waals surface area (Å²) in [5.74, 6) is 1.79. The van der Waals surface area contributed by atoms with E-state index in [1.165, 1.54) is 0 Å². The first kappa shape index (κ1) is 13.7. The van der Waals surface area contributed by atoms with Crippen LogP contribution in [0.4, 0.5) is 5.82 Å². The molecule has 1 unspecified atom stereocenters. The van der Waals surface area contributed by atoms with Gasteiger partial charge in [-0.1, -0.05) is 0 Å². The number of amides is 1. The normalized spacial score (nSPS) is 18.2. The van der Waals surface area contributed by atoms with Crippen molar-refractivity contribution in [3.05, 3.63) is 24.3 Å². The molecule has 6 nitrogen and oxygen atoms in total. The minimum atomic E-state index is 0.106. The molecule has 0 spiro atoms. The summed E-state index contributed by atoms with van der Waals surface area (Å²) in [6.07, 6.45) is 4.49. The van der Waals surface area contributed by atoms with Crippen molar-refractivity contribution in [2.45, 2.75) is 26.3 Å². The van der Waals surface area contributed by atoms with Crippen LogP contribution in [0.25, 0.3) is 10.9 Å². The number of fused-ring (bicyclic) bond motifs is 1. The second-order valence-electron chi connectivity index (χ2n) is 5.51. The van der Waals surface area contributed by atoms with Crippen LogP contribution in [0.15, 0.2) is 18.5 Å². The molecule has 2 aromatic heterocycles. The average Bonchev–Trinajstić information content (AvgIpc) is 2.94. The number of aryl methyl sites for hydroxylation is 1. The van der Waals surface area contributed by atoms with Gasteiger partial charge in [0, 0.05) is 38.6 Å². The highest BCUT2D eigenvalue weighted by Crippen LogP contribution is 2.27. The summed E-state index contributed by atoms with van der Waals surface area (Å²) in [6.45, 7) is 5.21. The summed E-state index contributed by atoms with van der Waals surface area (Å²) in [6, 6.07) is 2.20. The predicted octanol–water partition coefficient (Wildman–Crippen LogP) is 1.39. The molecule has 6 heteroatoms. The van der Waals surface area contributed by atoms with E-state index in [1.807, 2.05) is 24.9 Å². The van der Waals surface area contributed by atoms with E-state index in [1.54, 1.807) is 19.3 Å². The number of carbonyl (C=O) groups is 1. The third kappa shape index (κ3) is 2.53. The van der Waals surface area contributed by atoms with Gasteiger partial charge in [-0.15, -0.1) is 0 Å². The third-order valence-corrected chi connectivity index (χ3v) is 4.10. The molecule has 110 valence electrons. The van der Waals surface area contributed by atoms with E-state index in [4.69, 9.17) is 0 Å². The van der Waals surface area contributed by atoms with Crippen LogP contribution in [-0.4, -0.2) is 51.9 Å². The SMILES string of the molecule is CC(=O)N(C)C1CCN(c2nc(C)nc3cnccc23)C1. The van der Waals surface area contributed by atoms with Crippen LogP contribution in [0.5, 0.6) is 0 Å². The number of rotatable bonds is 2. The van der Waals surface area contributed by atoms with E-state index >= 15 is 0 Å². The lowest BCUT2D eigenvalue weighted by molar-refractivity contribution is -0.129. The Labute approximate surface area is 123 Å². The fourth-order valence-electron chi connectivity index (χ4n) is 2.83. The monoisotopic (exact) mass is 285 g/mol. The van der Waals surface area contributed by atoms with Crippen molar-refractivity contribution in [2.24, 2.45) is 0 Å². The van der Waals surface area contributed by atoms with E-state index in [0.717, 1.165) is 42.1 Å². The van der Waals surface area contributed by atoms with Crippen molar-refractivity contribution < 1.29 is 4.79 Å². The Bertz CT molecular complexity index is 687. The van der Waals surface area contributed by atoms with Crippen LogP contribution in [0, 0.1) is 6.92 Å². The molecule has 1 aliphatic rings. The number of hydrogen-bond acceptors (Lipinski definition) is 5. The molecule has 1 saturated heterocycles. The number of aromatic nitrogens is 3. The Balaban J connectivity index is 1.93. The van der Waals surface area contributed by atoms with Gasteiger partial charge in [0.05, 0.1) is 17.8 Å². The minimum absolute atomic E-state index is 0.106. The molecule has 2 aromatic rings. The maximum Gasteiger partial charge on any atom is 0.219 e. The van der Waals surface area contributed by atoms with Crippen LogP contribution < -0.4 is 4.90 Å². The predicted molar refractivity (Wildman–Crippen MR) is 81.1 cm³/mol. The first-order valence-electron chi connectivity index (χ1n) is 7.13. The molecule has 1 fully saturated rings. The molecule has 1 atom stereocenters. The van der Waals surface area contributed by atoms with Crippen molar-refractivity contribution in [3.8, 4) is 0 Å². The van der Waals surface area contributed by atoms with Gasteiger partial charge in [-0.3, -0.25) is 9.78 Å². The van der Waals surface area contributed by atoms with Gasteiger partial charge in [0.25, 0.3) is 0 Å². The minimum Gasteiger partial charge on any atom is -0.354 e. The number of carbonyl (C=O) groups excluding carboxylic acids is 1. The number of anilines is 1. The van der Waals surface area contributed by atoms with Crippen LogP contribution in [0.2, 0.25) is 0 Å². The molecule has 3 heterocycles. The number of pyridine rings is 1. The Hall–Kier alpha value is -2.24. The number of hydrogen-bond donors (Lipinski definition) is 0. The zero-order valence-corrected chi connectivity index (χ0v) is 12.6. The summed E-state index contributed by atoms with van der Waals surface area (Å²) in [7, 11) is 1.86. The van der Waals surface area contributed by atoms with Gasteiger partial charge in [0.15, 0.2) is 0 Å². The molecule has 1 aliphatic heterocycles. The molecule has 1 amide bonds. The van der Waals surface area contributed by atoms with Gasteiger partial charge in [0.1, 0.15) is 11.6 Å².